The maximum Gasteiger partial charge on any atom is 0.401 e. The lowest BCUT2D eigenvalue weighted by Crippen LogP contribution is -2.51. The summed E-state index contributed by atoms with van der Waals surface area (Å²) in [5.74, 6) is -3.45. The fourth-order valence-electron chi connectivity index (χ4n) is 2.22. The number of nitrogens with one attached hydrogen (secondary N) is 1. The Hall–Kier alpha value is -0.460. The van der Waals surface area contributed by atoms with Crippen molar-refractivity contribution in [3.63, 3.8) is 0 Å². The van der Waals surface area contributed by atoms with Crippen molar-refractivity contribution in [2.45, 2.75) is 58.4 Å². The monoisotopic (exact) mass is 293 g/mol. The van der Waals surface area contributed by atoms with Crippen molar-refractivity contribution in [2.75, 3.05) is 6.54 Å². The van der Waals surface area contributed by atoms with Crippen molar-refractivity contribution >= 4 is 0 Å². The lowest BCUT2D eigenvalue weighted by Gasteiger charge is -2.33. The van der Waals surface area contributed by atoms with Crippen molar-refractivity contribution < 1.29 is 26.3 Å². The molecule has 0 aromatic heterocycles. The Morgan fingerprint density at radius 2 is 1.26 bits per heavy atom. The summed E-state index contributed by atoms with van der Waals surface area (Å²) in [5, 5.41) is 2.35. The van der Waals surface area contributed by atoms with Crippen molar-refractivity contribution in [1.29, 1.82) is 0 Å². The summed E-state index contributed by atoms with van der Waals surface area (Å²) >= 11 is 0. The fraction of sp³-hybridized carbons (Fsp3) is 1.00. The molecule has 0 radical (unpaired) electrons. The molecule has 1 atom stereocenters. The number of hydrogen-bond acceptors (Lipinski definition) is 1. The first-order valence-electron chi connectivity index (χ1n) is 6.44. The number of halogens is 6. The van der Waals surface area contributed by atoms with E-state index >= 15 is 0 Å². The quantitative estimate of drug-likeness (QED) is 0.680. The Balaban J connectivity index is 5.17. The van der Waals surface area contributed by atoms with Gasteiger partial charge in [-0.05, 0) is 18.9 Å². The third-order valence-corrected chi connectivity index (χ3v) is 3.32. The van der Waals surface area contributed by atoms with Crippen LogP contribution in [-0.2, 0) is 0 Å². The second-order valence-electron chi connectivity index (χ2n) is 4.64. The molecular formula is C12H21F6N. The van der Waals surface area contributed by atoms with E-state index in [-0.39, 0.29) is 18.9 Å². The van der Waals surface area contributed by atoms with Gasteiger partial charge in [0.05, 0.1) is 0 Å². The van der Waals surface area contributed by atoms with Gasteiger partial charge in [0.2, 0.25) is 0 Å². The van der Waals surface area contributed by atoms with Crippen LogP contribution < -0.4 is 5.32 Å². The number of hydrogen-bond donors (Lipinski definition) is 1. The first-order valence-corrected chi connectivity index (χ1v) is 6.44. The van der Waals surface area contributed by atoms with Crippen LogP contribution in [0.25, 0.3) is 0 Å². The molecule has 0 bridgehead atoms. The van der Waals surface area contributed by atoms with E-state index in [0.29, 0.717) is 12.8 Å². The normalized spacial score (nSPS) is 15.3. The Morgan fingerprint density at radius 3 is 1.53 bits per heavy atom. The standard InChI is InChI=1S/C12H21F6N/c1-4-8(5-2)7-9(19-6-3)10(11(13,14)15)12(16,17)18/h8-10,19H,4-7H2,1-3H3. The first kappa shape index (κ1) is 18.5. The van der Waals surface area contributed by atoms with E-state index in [4.69, 9.17) is 0 Å². The van der Waals surface area contributed by atoms with Crippen molar-refractivity contribution in [2.24, 2.45) is 11.8 Å². The summed E-state index contributed by atoms with van der Waals surface area (Å²) in [7, 11) is 0. The van der Waals surface area contributed by atoms with E-state index in [1.165, 1.54) is 6.92 Å². The van der Waals surface area contributed by atoms with Crippen LogP contribution in [0.1, 0.15) is 40.0 Å². The van der Waals surface area contributed by atoms with Gasteiger partial charge in [-0.2, -0.15) is 26.3 Å². The van der Waals surface area contributed by atoms with Gasteiger partial charge in [0.25, 0.3) is 0 Å². The van der Waals surface area contributed by atoms with Crippen LogP contribution in [-0.4, -0.2) is 24.9 Å². The number of rotatable bonds is 7. The van der Waals surface area contributed by atoms with Gasteiger partial charge in [0, 0.05) is 6.04 Å². The van der Waals surface area contributed by atoms with Crippen LogP contribution in [0.3, 0.4) is 0 Å². The van der Waals surface area contributed by atoms with Gasteiger partial charge in [-0.25, -0.2) is 0 Å². The zero-order chi connectivity index (χ0) is 15.3. The van der Waals surface area contributed by atoms with Crippen molar-refractivity contribution in [3.8, 4) is 0 Å². The highest BCUT2D eigenvalue weighted by molar-refractivity contribution is 4.88. The molecule has 0 aromatic rings. The van der Waals surface area contributed by atoms with Crippen LogP contribution >= 0.6 is 0 Å². The molecule has 116 valence electrons. The topological polar surface area (TPSA) is 12.0 Å². The summed E-state index contributed by atoms with van der Waals surface area (Å²) < 4.78 is 76.1. The minimum atomic E-state index is -5.28. The second kappa shape index (κ2) is 7.36. The van der Waals surface area contributed by atoms with Crippen LogP contribution in [0, 0.1) is 11.8 Å². The van der Waals surface area contributed by atoms with Crippen LogP contribution in [0.5, 0.6) is 0 Å². The fourth-order valence-corrected chi connectivity index (χ4v) is 2.22. The van der Waals surface area contributed by atoms with Gasteiger partial charge >= 0.3 is 12.4 Å². The Bertz CT molecular complexity index is 230. The van der Waals surface area contributed by atoms with Crippen molar-refractivity contribution in [3.05, 3.63) is 0 Å². The molecule has 0 rings (SSSR count). The lowest BCUT2D eigenvalue weighted by molar-refractivity contribution is -0.292. The number of alkyl halides is 6. The third-order valence-electron chi connectivity index (χ3n) is 3.32. The van der Waals surface area contributed by atoms with E-state index in [9.17, 15) is 26.3 Å². The van der Waals surface area contributed by atoms with Gasteiger partial charge < -0.3 is 5.32 Å². The molecule has 1 nitrogen and oxygen atoms in total. The molecule has 1 unspecified atom stereocenters. The van der Waals surface area contributed by atoms with E-state index < -0.39 is 24.3 Å². The molecule has 0 aromatic carbocycles. The van der Waals surface area contributed by atoms with E-state index in [2.05, 4.69) is 5.32 Å². The van der Waals surface area contributed by atoms with Crippen LogP contribution in [0.15, 0.2) is 0 Å². The largest absolute Gasteiger partial charge is 0.401 e. The van der Waals surface area contributed by atoms with Gasteiger partial charge in [0.15, 0.2) is 5.92 Å². The summed E-state index contributed by atoms with van der Waals surface area (Å²) in [6.07, 6.45) is -9.54. The molecule has 0 heterocycles. The molecule has 0 aliphatic rings. The minimum absolute atomic E-state index is 0.0769. The smallest absolute Gasteiger partial charge is 0.313 e. The molecule has 0 spiro atoms. The molecule has 1 N–H and O–H groups in total. The average Bonchev–Trinajstić information content (AvgIpc) is 2.21. The molecule has 7 heteroatoms. The molecular weight excluding hydrogens is 272 g/mol. The minimum Gasteiger partial charge on any atom is -0.313 e. The molecule has 0 aliphatic heterocycles. The zero-order valence-electron chi connectivity index (χ0n) is 11.3. The first-order chi connectivity index (χ1) is 8.57. The molecule has 0 saturated carbocycles. The maximum atomic E-state index is 12.7. The van der Waals surface area contributed by atoms with Gasteiger partial charge in [0.1, 0.15) is 0 Å². The van der Waals surface area contributed by atoms with Crippen LogP contribution in [0.2, 0.25) is 0 Å². The predicted molar refractivity (Wildman–Crippen MR) is 61.8 cm³/mol. The molecule has 0 aliphatic carbocycles. The predicted octanol–water partition coefficient (Wildman–Crippen LogP) is 4.53. The Kier molecular flexibility index (Phi) is 7.18. The summed E-state index contributed by atoms with van der Waals surface area (Å²) in [6.45, 7) is 5.12. The molecule has 0 amide bonds. The molecule has 19 heavy (non-hydrogen) atoms. The van der Waals surface area contributed by atoms with E-state index in [1.54, 1.807) is 13.8 Å². The van der Waals surface area contributed by atoms with E-state index in [0.717, 1.165) is 0 Å². The molecule has 0 fully saturated rings. The third kappa shape index (κ3) is 6.01. The average molecular weight is 293 g/mol. The lowest BCUT2D eigenvalue weighted by atomic mass is 9.87. The summed E-state index contributed by atoms with van der Waals surface area (Å²) in [5.41, 5.74) is 0. The van der Waals surface area contributed by atoms with Gasteiger partial charge in [-0.1, -0.05) is 33.6 Å². The van der Waals surface area contributed by atoms with E-state index in [1.807, 2.05) is 0 Å². The SMILES string of the molecule is CCNC(CC(CC)CC)C(C(F)(F)F)C(F)(F)F. The summed E-state index contributed by atoms with van der Waals surface area (Å²) in [4.78, 5) is 0. The van der Waals surface area contributed by atoms with Gasteiger partial charge in [-0.3, -0.25) is 0 Å². The zero-order valence-corrected chi connectivity index (χ0v) is 11.3. The second-order valence-corrected chi connectivity index (χ2v) is 4.64. The Labute approximate surface area is 109 Å². The van der Waals surface area contributed by atoms with Crippen molar-refractivity contribution in [1.82, 2.24) is 5.32 Å². The highest BCUT2D eigenvalue weighted by atomic mass is 19.4. The highest BCUT2D eigenvalue weighted by Crippen LogP contribution is 2.43. The summed E-state index contributed by atoms with van der Waals surface area (Å²) in [6, 6.07) is -1.62. The van der Waals surface area contributed by atoms with Gasteiger partial charge in [-0.15, -0.1) is 0 Å². The van der Waals surface area contributed by atoms with Crippen LogP contribution in [0.4, 0.5) is 26.3 Å². The molecule has 0 saturated heterocycles. The Morgan fingerprint density at radius 1 is 0.842 bits per heavy atom. The maximum absolute atomic E-state index is 12.7. The highest BCUT2D eigenvalue weighted by Gasteiger charge is 2.59.